The van der Waals surface area contributed by atoms with Gasteiger partial charge < -0.3 is 14.2 Å². The number of methoxy groups -OCH3 is 2. The van der Waals surface area contributed by atoms with E-state index in [9.17, 15) is 9.59 Å². The lowest BCUT2D eigenvalue weighted by Gasteiger charge is -2.26. The second-order valence-corrected chi connectivity index (χ2v) is 11.8. The molecule has 1 unspecified atom stereocenters. The van der Waals surface area contributed by atoms with Gasteiger partial charge in [-0.05, 0) is 52.0 Å². The third kappa shape index (κ3) is 5.58. The molecule has 3 aromatic carbocycles. The predicted octanol–water partition coefficient (Wildman–Crippen LogP) is 5.84. The van der Waals surface area contributed by atoms with E-state index in [-0.39, 0.29) is 12.2 Å². The molecule has 0 spiro atoms. The van der Waals surface area contributed by atoms with E-state index < -0.39 is 12.0 Å². The van der Waals surface area contributed by atoms with Gasteiger partial charge in [-0.25, -0.2) is 9.79 Å². The minimum absolute atomic E-state index is 0.194. The molecule has 1 aliphatic rings. The topological polar surface area (TPSA) is 79.1 Å². The second-order valence-electron chi connectivity index (χ2n) is 9.98. The van der Waals surface area contributed by atoms with Crippen molar-refractivity contribution in [2.75, 3.05) is 20.8 Å². The zero-order chi connectivity index (χ0) is 30.0. The third-order valence-electron chi connectivity index (χ3n) is 7.08. The monoisotopic (exact) mass is 646 g/mol. The third-order valence-corrected chi connectivity index (χ3v) is 8.69. The molecule has 0 bridgehead atoms. The van der Waals surface area contributed by atoms with Crippen molar-refractivity contribution in [1.29, 1.82) is 0 Å². The minimum Gasteiger partial charge on any atom is -0.496 e. The minimum atomic E-state index is -0.733. The Balaban J connectivity index is 1.82. The number of aromatic nitrogens is 1. The van der Waals surface area contributed by atoms with E-state index in [1.807, 2.05) is 60.7 Å². The molecule has 7 nitrogen and oxygen atoms in total. The first-order chi connectivity index (χ1) is 20.3. The van der Waals surface area contributed by atoms with Crippen molar-refractivity contribution in [1.82, 2.24) is 4.57 Å². The summed E-state index contributed by atoms with van der Waals surface area (Å²) < 4.78 is 19.3. The number of rotatable bonds is 8. The Hall–Kier alpha value is -3.95. The molecule has 1 aliphatic heterocycles. The first-order valence-corrected chi connectivity index (χ1v) is 15.2. The van der Waals surface area contributed by atoms with Gasteiger partial charge >= 0.3 is 5.97 Å². The van der Waals surface area contributed by atoms with Gasteiger partial charge in [0.15, 0.2) is 4.80 Å². The van der Waals surface area contributed by atoms with Gasteiger partial charge in [-0.3, -0.25) is 9.36 Å². The molecule has 5 rings (SSSR count). The highest BCUT2D eigenvalue weighted by Crippen LogP contribution is 2.36. The lowest BCUT2D eigenvalue weighted by molar-refractivity contribution is -0.138. The quantitative estimate of drug-likeness (QED) is 0.225. The molecule has 0 radical (unpaired) electrons. The molecule has 216 valence electrons. The van der Waals surface area contributed by atoms with Gasteiger partial charge in [0, 0.05) is 17.2 Å². The normalized spacial score (nSPS) is 14.9. The van der Waals surface area contributed by atoms with Crippen LogP contribution in [0.5, 0.6) is 11.5 Å². The Labute approximate surface area is 256 Å². The second kappa shape index (κ2) is 12.5. The van der Waals surface area contributed by atoms with Crippen LogP contribution in [0.3, 0.4) is 0 Å². The van der Waals surface area contributed by atoms with Crippen molar-refractivity contribution in [2.24, 2.45) is 4.99 Å². The zero-order valence-corrected chi connectivity index (χ0v) is 26.4. The largest absolute Gasteiger partial charge is 0.496 e. The lowest BCUT2D eigenvalue weighted by Crippen LogP contribution is -2.40. The van der Waals surface area contributed by atoms with Crippen molar-refractivity contribution in [3.8, 4) is 11.5 Å². The van der Waals surface area contributed by atoms with Gasteiger partial charge in [0.05, 0.1) is 47.1 Å². The number of nitrogens with zero attached hydrogens (tertiary/aromatic N) is 2. The van der Waals surface area contributed by atoms with E-state index in [2.05, 4.69) is 29.8 Å². The standard InChI is InChI=1S/C33H31BrN2O5S/c1-6-41-32(38)28-29(21-10-8-7-9-11-21)35-33-36(30(28)22-14-12-20(13-15-22)19(2)3)31(37)27(42-33)17-23-16-24(34)26(40-5)18-25(23)39-4/h7-19,30H,6H2,1-5H3/b27-17-. The van der Waals surface area contributed by atoms with E-state index >= 15 is 0 Å². The van der Waals surface area contributed by atoms with E-state index in [1.54, 1.807) is 37.9 Å². The van der Waals surface area contributed by atoms with Crippen LogP contribution in [0, 0.1) is 0 Å². The van der Waals surface area contributed by atoms with Crippen molar-refractivity contribution in [3.63, 3.8) is 0 Å². The number of thiazole rings is 1. The number of fused-ring (bicyclic) bond motifs is 1. The Kier molecular flexibility index (Phi) is 8.80. The summed E-state index contributed by atoms with van der Waals surface area (Å²) >= 11 is 4.79. The summed E-state index contributed by atoms with van der Waals surface area (Å²) in [5, 5.41) is 0. The van der Waals surface area contributed by atoms with Crippen molar-refractivity contribution < 1.29 is 19.0 Å². The van der Waals surface area contributed by atoms with Gasteiger partial charge in [0.2, 0.25) is 0 Å². The van der Waals surface area contributed by atoms with Crippen molar-refractivity contribution in [3.05, 3.63) is 119 Å². The first kappa shape index (κ1) is 29.5. The maximum absolute atomic E-state index is 14.2. The summed E-state index contributed by atoms with van der Waals surface area (Å²) in [7, 11) is 3.15. The van der Waals surface area contributed by atoms with Crippen LogP contribution in [0.25, 0.3) is 11.8 Å². The van der Waals surface area contributed by atoms with Crippen LogP contribution in [0.2, 0.25) is 0 Å². The molecule has 0 aliphatic carbocycles. The fourth-order valence-electron chi connectivity index (χ4n) is 4.96. The molecule has 0 fully saturated rings. The molecule has 1 aromatic heterocycles. The number of carbonyl (C=O) groups is 1. The van der Waals surface area contributed by atoms with Gasteiger partial charge in [-0.15, -0.1) is 0 Å². The van der Waals surface area contributed by atoms with Gasteiger partial charge in [-0.2, -0.15) is 0 Å². The van der Waals surface area contributed by atoms with Crippen LogP contribution in [0.15, 0.2) is 86.6 Å². The Morgan fingerprint density at radius 3 is 2.36 bits per heavy atom. The van der Waals surface area contributed by atoms with Crippen molar-refractivity contribution >= 4 is 45.0 Å². The van der Waals surface area contributed by atoms with Gasteiger partial charge in [-0.1, -0.05) is 79.8 Å². The van der Waals surface area contributed by atoms with E-state index in [0.717, 1.165) is 21.2 Å². The molecule has 0 N–H and O–H groups in total. The van der Waals surface area contributed by atoms with Crippen LogP contribution >= 0.6 is 27.3 Å². The molecule has 0 amide bonds. The molecule has 2 heterocycles. The molecular formula is C33H31BrN2O5S. The average molecular weight is 648 g/mol. The van der Waals surface area contributed by atoms with Crippen LogP contribution in [-0.2, 0) is 9.53 Å². The highest BCUT2D eigenvalue weighted by atomic mass is 79.9. The van der Waals surface area contributed by atoms with Gasteiger partial charge in [0.25, 0.3) is 5.56 Å². The SMILES string of the molecule is CCOC(=O)C1=C(c2ccccc2)N=c2s/c(=C\c3cc(Br)c(OC)cc3OC)c(=O)n2C1c1ccc(C(C)C)cc1. The van der Waals surface area contributed by atoms with Crippen molar-refractivity contribution in [2.45, 2.75) is 32.7 Å². The fourth-order valence-corrected chi connectivity index (χ4v) is 6.47. The molecular weight excluding hydrogens is 616 g/mol. The van der Waals surface area contributed by atoms with E-state index in [4.69, 9.17) is 19.2 Å². The fraction of sp³-hybridized carbons (Fsp3) is 0.242. The lowest BCUT2D eigenvalue weighted by atomic mass is 9.91. The van der Waals surface area contributed by atoms with E-state index in [1.165, 1.54) is 11.3 Å². The van der Waals surface area contributed by atoms with Gasteiger partial charge in [0.1, 0.15) is 11.5 Å². The molecule has 0 saturated carbocycles. The summed E-state index contributed by atoms with van der Waals surface area (Å²) in [4.78, 5) is 33.2. The maximum atomic E-state index is 14.2. The summed E-state index contributed by atoms with van der Waals surface area (Å²) in [6, 6.07) is 20.4. The smallest absolute Gasteiger partial charge is 0.338 e. The molecule has 4 aromatic rings. The molecule has 42 heavy (non-hydrogen) atoms. The molecule has 9 heteroatoms. The molecule has 1 atom stereocenters. The highest BCUT2D eigenvalue weighted by molar-refractivity contribution is 9.10. The number of esters is 1. The number of carbonyl (C=O) groups excluding carboxylic acids is 1. The maximum Gasteiger partial charge on any atom is 0.338 e. The summed E-state index contributed by atoms with van der Waals surface area (Å²) in [5.41, 5.74) is 3.97. The zero-order valence-electron chi connectivity index (χ0n) is 24.0. The average Bonchev–Trinajstić information content (AvgIpc) is 3.31. The van der Waals surface area contributed by atoms with Crippen LogP contribution in [-0.4, -0.2) is 31.4 Å². The van der Waals surface area contributed by atoms with Crippen LogP contribution in [0.4, 0.5) is 0 Å². The Bertz CT molecular complexity index is 1840. The number of hydrogen-bond donors (Lipinski definition) is 0. The van der Waals surface area contributed by atoms with Crippen LogP contribution < -0.4 is 24.4 Å². The predicted molar refractivity (Wildman–Crippen MR) is 169 cm³/mol. The Morgan fingerprint density at radius 2 is 1.74 bits per heavy atom. The Morgan fingerprint density at radius 1 is 1.05 bits per heavy atom. The number of benzene rings is 3. The summed E-state index contributed by atoms with van der Waals surface area (Å²) in [5.74, 6) is 0.994. The summed E-state index contributed by atoms with van der Waals surface area (Å²) in [6.07, 6.45) is 1.78. The van der Waals surface area contributed by atoms with E-state index in [0.29, 0.717) is 43.6 Å². The summed E-state index contributed by atoms with van der Waals surface area (Å²) in [6.45, 7) is 6.21. The number of ether oxygens (including phenoxy) is 3. The first-order valence-electron chi connectivity index (χ1n) is 13.6. The molecule has 0 saturated heterocycles. The number of hydrogen-bond acceptors (Lipinski definition) is 7. The van der Waals surface area contributed by atoms with Crippen LogP contribution in [0.1, 0.15) is 55.0 Å². The number of halogens is 1. The highest BCUT2D eigenvalue weighted by Gasteiger charge is 2.35.